The molecule has 0 unspecified atom stereocenters. The second kappa shape index (κ2) is 5.70. The van der Waals surface area contributed by atoms with Crippen LogP contribution in [-0.4, -0.2) is 19.6 Å². The zero-order valence-corrected chi connectivity index (χ0v) is 12.8. The quantitative estimate of drug-likeness (QED) is 0.540. The van der Waals surface area contributed by atoms with Crippen molar-refractivity contribution in [2.45, 2.75) is 6.18 Å². The van der Waals surface area contributed by atoms with Crippen molar-refractivity contribution in [1.29, 1.82) is 0 Å². The lowest BCUT2D eigenvalue weighted by Crippen LogP contribution is -2.13. The largest absolute Gasteiger partial charge is 0.433 e. The van der Waals surface area contributed by atoms with E-state index in [4.69, 9.17) is 0 Å². The number of halogens is 3. The predicted octanol–water partition coefficient (Wildman–Crippen LogP) is 4.48. The normalized spacial score (nSPS) is 11.8. The van der Waals surface area contributed by atoms with Crippen molar-refractivity contribution in [3.05, 3.63) is 72.7 Å². The molecule has 0 radical (unpaired) electrons. The highest BCUT2D eigenvalue weighted by Crippen LogP contribution is 2.33. The summed E-state index contributed by atoms with van der Waals surface area (Å²) in [6.45, 7) is 0. The minimum absolute atomic E-state index is 0.139. The summed E-state index contributed by atoms with van der Waals surface area (Å²) in [5.41, 5.74) is 1.22. The fourth-order valence-corrected chi connectivity index (χ4v) is 2.60. The Morgan fingerprint density at radius 3 is 2.16 bits per heavy atom. The highest BCUT2D eigenvalue weighted by Gasteiger charge is 2.35. The molecule has 7 heteroatoms. The molecule has 0 amide bonds. The maximum atomic E-state index is 13.5. The molecule has 3 aromatic heterocycles. The lowest BCUT2D eigenvalue weighted by Gasteiger charge is -2.10. The van der Waals surface area contributed by atoms with Crippen LogP contribution in [0.4, 0.5) is 13.2 Å². The lowest BCUT2D eigenvalue weighted by molar-refractivity contribution is -0.142. The molecule has 4 aromatic rings. The molecule has 1 aromatic carbocycles. The van der Waals surface area contributed by atoms with Gasteiger partial charge in [-0.15, -0.1) is 0 Å². The Morgan fingerprint density at radius 1 is 0.800 bits per heavy atom. The van der Waals surface area contributed by atoms with Crippen LogP contribution in [0.15, 0.2) is 67.0 Å². The molecule has 3 heterocycles. The molecule has 25 heavy (non-hydrogen) atoms. The van der Waals surface area contributed by atoms with E-state index >= 15 is 0 Å². The van der Waals surface area contributed by atoms with Crippen LogP contribution >= 0.6 is 0 Å². The minimum atomic E-state index is -4.55. The van der Waals surface area contributed by atoms with Crippen molar-refractivity contribution in [3.8, 4) is 22.5 Å². The number of aromatic nitrogens is 4. The van der Waals surface area contributed by atoms with E-state index in [0.717, 1.165) is 16.1 Å². The summed E-state index contributed by atoms with van der Waals surface area (Å²) in [6, 6.07) is 14.8. The first kappa shape index (κ1) is 15.3. The van der Waals surface area contributed by atoms with E-state index in [-0.39, 0.29) is 11.3 Å². The van der Waals surface area contributed by atoms with Gasteiger partial charge < -0.3 is 0 Å². The van der Waals surface area contributed by atoms with Gasteiger partial charge in [-0.25, -0.2) is 9.50 Å². The molecule has 0 spiro atoms. The lowest BCUT2D eigenvalue weighted by atomic mass is 10.1. The monoisotopic (exact) mass is 340 g/mol. The van der Waals surface area contributed by atoms with Gasteiger partial charge in [-0.1, -0.05) is 30.3 Å². The third-order valence-electron chi connectivity index (χ3n) is 3.76. The average Bonchev–Trinajstić information content (AvgIpc) is 3.05. The SMILES string of the molecule is FC(F)(F)c1cc(-c2ccncc2)nc2cc(-c3ccccc3)nn12. The summed E-state index contributed by atoms with van der Waals surface area (Å²) in [6.07, 6.45) is -1.52. The number of hydrogen-bond donors (Lipinski definition) is 0. The van der Waals surface area contributed by atoms with Gasteiger partial charge in [-0.3, -0.25) is 4.98 Å². The Balaban J connectivity index is 1.97. The van der Waals surface area contributed by atoms with Crippen LogP contribution in [0.3, 0.4) is 0 Å². The van der Waals surface area contributed by atoms with E-state index in [1.807, 2.05) is 6.07 Å². The molecule has 0 saturated heterocycles. The Kier molecular flexibility index (Phi) is 3.49. The molecule has 4 rings (SSSR count). The van der Waals surface area contributed by atoms with E-state index in [0.29, 0.717) is 11.3 Å². The van der Waals surface area contributed by atoms with Gasteiger partial charge in [0, 0.05) is 29.6 Å². The molecule has 0 atom stereocenters. The Morgan fingerprint density at radius 2 is 1.48 bits per heavy atom. The number of alkyl halides is 3. The van der Waals surface area contributed by atoms with Gasteiger partial charge in [0.05, 0.1) is 11.4 Å². The Labute approximate surface area is 140 Å². The highest BCUT2D eigenvalue weighted by molar-refractivity contribution is 5.67. The van der Waals surface area contributed by atoms with E-state index in [1.165, 1.54) is 12.4 Å². The van der Waals surface area contributed by atoms with Gasteiger partial charge in [-0.2, -0.15) is 18.3 Å². The molecular weight excluding hydrogens is 329 g/mol. The molecule has 124 valence electrons. The number of fused-ring (bicyclic) bond motifs is 1. The van der Waals surface area contributed by atoms with Crippen molar-refractivity contribution in [2.75, 3.05) is 0 Å². The summed E-state index contributed by atoms with van der Waals surface area (Å²) in [5.74, 6) is 0. The molecular formula is C18H11F3N4. The van der Waals surface area contributed by atoms with Crippen molar-refractivity contribution < 1.29 is 13.2 Å². The highest BCUT2D eigenvalue weighted by atomic mass is 19.4. The molecule has 0 aliphatic heterocycles. The van der Waals surface area contributed by atoms with Crippen molar-refractivity contribution in [3.63, 3.8) is 0 Å². The van der Waals surface area contributed by atoms with Crippen molar-refractivity contribution in [2.24, 2.45) is 0 Å². The van der Waals surface area contributed by atoms with E-state index in [9.17, 15) is 13.2 Å². The third-order valence-corrected chi connectivity index (χ3v) is 3.76. The standard InChI is InChI=1S/C18H11F3N4/c19-18(20,21)16-10-14(13-6-8-22-9-7-13)23-17-11-15(24-25(16)17)12-4-2-1-3-5-12/h1-11H. The molecule has 0 bridgehead atoms. The van der Waals surface area contributed by atoms with Gasteiger partial charge in [0.1, 0.15) is 0 Å². The first-order valence-corrected chi connectivity index (χ1v) is 7.46. The Bertz CT molecular complexity index is 1020. The van der Waals surface area contributed by atoms with Gasteiger partial charge in [0.25, 0.3) is 0 Å². The van der Waals surface area contributed by atoms with Gasteiger partial charge in [-0.05, 0) is 18.2 Å². The number of hydrogen-bond acceptors (Lipinski definition) is 3. The molecule has 0 aliphatic carbocycles. The van der Waals surface area contributed by atoms with E-state index in [2.05, 4.69) is 15.1 Å². The van der Waals surface area contributed by atoms with Gasteiger partial charge in [0.2, 0.25) is 0 Å². The van der Waals surface area contributed by atoms with Crippen LogP contribution in [0, 0.1) is 0 Å². The summed E-state index contributed by atoms with van der Waals surface area (Å²) in [4.78, 5) is 8.22. The van der Waals surface area contributed by atoms with E-state index < -0.39 is 11.9 Å². The van der Waals surface area contributed by atoms with Crippen LogP contribution in [0.25, 0.3) is 28.2 Å². The van der Waals surface area contributed by atoms with Crippen LogP contribution in [-0.2, 0) is 6.18 Å². The first-order chi connectivity index (χ1) is 12.0. The summed E-state index contributed by atoms with van der Waals surface area (Å²) in [5, 5.41) is 4.11. The fraction of sp³-hybridized carbons (Fsp3) is 0.0556. The van der Waals surface area contributed by atoms with Crippen LogP contribution in [0.5, 0.6) is 0 Å². The van der Waals surface area contributed by atoms with Crippen molar-refractivity contribution in [1.82, 2.24) is 19.6 Å². The second-order valence-electron chi connectivity index (χ2n) is 5.43. The Hall–Kier alpha value is -3.22. The topological polar surface area (TPSA) is 43.1 Å². The molecule has 4 nitrogen and oxygen atoms in total. The molecule has 0 saturated carbocycles. The molecule has 0 N–H and O–H groups in total. The van der Waals surface area contributed by atoms with Crippen LogP contribution < -0.4 is 0 Å². The number of benzene rings is 1. The molecule has 0 fully saturated rings. The first-order valence-electron chi connectivity index (χ1n) is 7.46. The fourth-order valence-electron chi connectivity index (χ4n) is 2.60. The average molecular weight is 340 g/mol. The zero-order valence-electron chi connectivity index (χ0n) is 12.8. The summed E-state index contributed by atoms with van der Waals surface area (Å²) in [7, 11) is 0. The zero-order chi connectivity index (χ0) is 17.4. The third kappa shape index (κ3) is 2.84. The maximum Gasteiger partial charge on any atom is 0.433 e. The maximum absolute atomic E-state index is 13.5. The second-order valence-corrected chi connectivity index (χ2v) is 5.43. The predicted molar refractivity (Wildman–Crippen MR) is 86.7 cm³/mol. The van der Waals surface area contributed by atoms with Crippen LogP contribution in [0.2, 0.25) is 0 Å². The van der Waals surface area contributed by atoms with Gasteiger partial charge >= 0.3 is 6.18 Å². The van der Waals surface area contributed by atoms with Crippen LogP contribution in [0.1, 0.15) is 5.69 Å². The summed E-state index contributed by atoms with van der Waals surface area (Å²) < 4.78 is 41.4. The number of pyridine rings is 1. The minimum Gasteiger partial charge on any atom is -0.265 e. The molecule has 0 aliphatic rings. The van der Waals surface area contributed by atoms with E-state index in [1.54, 1.807) is 42.5 Å². The van der Waals surface area contributed by atoms with Gasteiger partial charge in [0.15, 0.2) is 11.3 Å². The smallest absolute Gasteiger partial charge is 0.265 e. The van der Waals surface area contributed by atoms with Crippen molar-refractivity contribution >= 4 is 5.65 Å². The summed E-state index contributed by atoms with van der Waals surface area (Å²) >= 11 is 0. The number of nitrogens with zero attached hydrogens (tertiary/aromatic N) is 4. The number of rotatable bonds is 2.